The fraction of sp³-hybridized carbons (Fsp3) is 0.143. The van der Waals surface area contributed by atoms with Gasteiger partial charge in [-0.1, -0.05) is 0 Å². The number of hydrogen-bond donors (Lipinski definition) is 2. The molecule has 0 aliphatic heterocycles. The summed E-state index contributed by atoms with van der Waals surface area (Å²) in [5, 5.41) is 10.3. The van der Waals surface area contributed by atoms with Crippen LogP contribution in [0, 0.1) is 5.95 Å². The predicted octanol–water partition coefficient (Wildman–Crippen LogP) is 2.20. The van der Waals surface area contributed by atoms with Crippen molar-refractivity contribution in [2.45, 2.75) is 0 Å². The van der Waals surface area contributed by atoms with Gasteiger partial charge in [0.25, 0.3) is 0 Å². The van der Waals surface area contributed by atoms with Gasteiger partial charge in [0.1, 0.15) is 5.82 Å². The smallest absolute Gasteiger partial charge is 0.227 e. The highest BCUT2D eigenvalue weighted by Gasteiger charge is 2.11. The van der Waals surface area contributed by atoms with E-state index in [2.05, 4.69) is 30.7 Å². The van der Waals surface area contributed by atoms with Crippen molar-refractivity contribution in [2.24, 2.45) is 7.05 Å². The Morgan fingerprint density at radius 2 is 2.00 bits per heavy atom. The molecule has 3 aromatic rings. The quantitative estimate of drug-likeness (QED) is 0.719. The second-order valence-corrected chi connectivity index (χ2v) is 4.54. The van der Waals surface area contributed by atoms with Crippen LogP contribution in [0.4, 0.5) is 21.8 Å². The van der Waals surface area contributed by atoms with Crippen LogP contribution in [0.3, 0.4) is 0 Å². The summed E-state index contributed by atoms with van der Waals surface area (Å²) >= 11 is 0. The van der Waals surface area contributed by atoms with Crippen molar-refractivity contribution in [1.82, 2.24) is 24.7 Å². The second-order valence-electron chi connectivity index (χ2n) is 4.54. The lowest BCUT2D eigenvalue weighted by molar-refractivity contribution is 0.584. The Morgan fingerprint density at radius 3 is 2.73 bits per heavy atom. The number of nitrogens with one attached hydrogen (secondary N) is 2. The highest BCUT2D eigenvalue weighted by atomic mass is 19.1. The Hall–Kier alpha value is -3.03. The number of anilines is 3. The van der Waals surface area contributed by atoms with Crippen LogP contribution in [0.25, 0.3) is 11.3 Å². The van der Waals surface area contributed by atoms with Crippen molar-refractivity contribution in [1.29, 1.82) is 0 Å². The third kappa shape index (κ3) is 2.71. The Morgan fingerprint density at radius 1 is 1.14 bits per heavy atom. The number of aromatic nitrogens is 5. The van der Waals surface area contributed by atoms with Crippen LogP contribution in [0.5, 0.6) is 0 Å². The monoisotopic (exact) mass is 299 g/mol. The van der Waals surface area contributed by atoms with Gasteiger partial charge in [-0.2, -0.15) is 9.49 Å². The lowest BCUT2D eigenvalue weighted by atomic mass is 10.2. The first-order valence-electron chi connectivity index (χ1n) is 6.59. The van der Waals surface area contributed by atoms with Gasteiger partial charge < -0.3 is 10.6 Å². The zero-order valence-corrected chi connectivity index (χ0v) is 12.1. The molecule has 0 aliphatic rings. The highest BCUT2D eigenvalue weighted by Crippen LogP contribution is 2.26. The molecule has 0 amide bonds. The molecular weight excluding hydrogens is 285 g/mol. The van der Waals surface area contributed by atoms with Crippen LogP contribution < -0.4 is 10.6 Å². The zero-order valence-electron chi connectivity index (χ0n) is 12.1. The largest absolute Gasteiger partial charge is 0.373 e. The molecule has 0 aromatic carbocycles. The van der Waals surface area contributed by atoms with Crippen LogP contribution in [-0.2, 0) is 7.05 Å². The molecule has 8 heteroatoms. The number of halogens is 1. The Bertz CT molecular complexity index is 782. The first kappa shape index (κ1) is 13.9. The molecule has 0 fully saturated rings. The van der Waals surface area contributed by atoms with Crippen molar-refractivity contribution in [3.63, 3.8) is 0 Å². The average Bonchev–Trinajstić information content (AvgIpc) is 2.91. The highest BCUT2D eigenvalue weighted by molar-refractivity contribution is 5.72. The molecule has 0 radical (unpaired) electrons. The fourth-order valence-electron chi connectivity index (χ4n) is 2.07. The van der Waals surface area contributed by atoms with Gasteiger partial charge in [0.05, 0.1) is 29.3 Å². The van der Waals surface area contributed by atoms with Crippen molar-refractivity contribution >= 4 is 17.5 Å². The van der Waals surface area contributed by atoms with Crippen molar-refractivity contribution in [3.8, 4) is 11.3 Å². The summed E-state index contributed by atoms with van der Waals surface area (Å²) in [6.07, 6.45) is 4.76. The molecule has 0 aliphatic carbocycles. The number of pyridine rings is 1. The first-order chi connectivity index (χ1) is 10.7. The number of nitrogens with zero attached hydrogens (tertiary/aromatic N) is 5. The standard InChI is InChI=1S/C14H14FN7/c1-16-13-10(8-19-22(13)2)11-5-6-17-14(21-11)20-9-3-4-12(15)18-7-9/h3-8,16H,1-2H3,(H,17,20,21). The van der Waals surface area contributed by atoms with E-state index >= 15 is 0 Å². The van der Waals surface area contributed by atoms with Gasteiger partial charge >= 0.3 is 0 Å². The molecule has 2 N–H and O–H groups in total. The molecule has 7 nitrogen and oxygen atoms in total. The number of hydrogen-bond acceptors (Lipinski definition) is 6. The van der Waals surface area contributed by atoms with Gasteiger partial charge in [-0.25, -0.2) is 15.0 Å². The maximum atomic E-state index is 12.8. The molecule has 3 heterocycles. The molecule has 0 atom stereocenters. The topological polar surface area (TPSA) is 80.6 Å². The van der Waals surface area contributed by atoms with Gasteiger partial charge in [-0.05, 0) is 18.2 Å². The molecule has 22 heavy (non-hydrogen) atoms. The van der Waals surface area contributed by atoms with E-state index in [1.54, 1.807) is 29.2 Å². The van der Waals surface area contributed by atoms with Gasteiger partial charge in [-0.15, -0.1) is 0 Å². The molecule has 0 unspecified atom stereocenters. The summed E-state index contributed by atoms with van der Waals surface area (Å²) in [5.41, 5.74) is 2.20. The SMILES string of the molecule is CNc1c(-c2ccnc(Nc3ccc(F)nc3)n2)cnn1C. The van der Waals surface area contributed by atoms with Crippen molar-refractivity contribution in [2.75, 3.05) is 17.7 Å². The summed E-state index contributed by atoms with van der Waals surface area (Å²) in [5.74, 6) is 0.721. The zero-order chi connectivity index (χ0) is 15.5. The minimum Gasteiger partial charge on any atom is -0.373 e. The maximum absolute atomic E-state index is 12.8. The van der Waals surface area contributed by atoms with E-state index in [1.165, 1.54) is 12.3 Å². The van der Waals surface area contributed by atoms with E-state index in [0.29, 0.717) is 11.6 Å². The first-order valence-corrected chi connectivity index (χ1v) is 6.59. The van der Waals surface area contributed by atoms with Crippen LogP contribution in [0.2, 0.25) is 0 Å². The molecule has 0 saturated heterocycles. The summed E-state index contributed by atoms with van der Waals surface area (Å²) in [4.78, 5) is 12.2. The van der Waals surface area contributed by atoms with E-state index in [9.17, 15) is 4.39 Å². The molecule has 0 saturated carbocycles. The Kier molecular flexibility index (Phi) is 3.65. The molecule has 0 spiro atoms. The van der Waals surface area contributed by atoms with E-state index < -0.39 is 5.95 Å². The normalized spacial score (nSPS) is 10.5. The summed E-state index contributed by atoms with van der Waals surface area (Å²) < 4.78 is 14.5. The average molecular weight is 299 g/mol. The van der Waals surface area contributed by atoms with Gasteiger partial charge in [0, 0.05) is 20.3 Å². The predicted molar refractivity (Wildman–Crippen MR) is 81.3 cm³/mol. The van der Waals surface area contributed by atoms with Crippen LogP contribution >= 0.6 is 0 Å². The summed E-state index contributed by atoms with van der Waals surface area (Å²) in [6, 6.07) is 4.64. The van der Waals surface area contributed by atoms with Crippen molar-refractivity contribution in [3.05, 3.63) is 42.7 Å². The third-order valence-corrected chi connectivity index (χ3v) is 3.09. The lowest BCUT2D eigenvalue weighted by Gasteiger charge is -2.07. The van der Waals surface area contributed by atoms with Crippen LogP contribution in [0.1, 0.15) is 0 Å². The lowest BCUT2D eigenvalue weighted by Crippen LogP contribution is -2.01. The molecule has 0 bridgehead atoms. The molecule has 112 valence electrons. The van der Waals surface area contributed by atoms with E-state index in [1.807, 2.05) is 14.1 Å². The Balaban J connectivity index is 1.90. The van der Waals surface area contributed by atoms with Gasteiger partial charge in [-0.3, -0.25) is 4.68 Å². The maximum Gasteiger partial charge on any atom is 0.227 e. The fourth-order valence-corrected chi connectivity index (χ4v) is 2.07. The van der Waals surface area contributed by atoms with E-state index in [-0.39, 0.29) is 0 Å². The van der Waals surface area contributed by atoms with E-state index in [4.69, 9.17) is 0 Å². The minimum absolute atomic E-state index is 0.400. The minimum atomic E-state index is -0.533. The van der Waals surface area contributed by atoms with Crippen molar-refractivity contribution < 1.29 is 4.39 Å². The Labute approximate surface area is 126 Å². The third-order valence-electron chi connectivity index (χ3n) is 3.09. The van der Waals surface area contributed by atoms with E-state index in [0.717, 1.165) is 17.1 Å². The molecule has 3 rings (SSSR count). The van der Waals surface area contributed by atoms with Crippen LogP contribution in [-0.4, -0.2) is 31.8 Å². The van der Waals surface area contributed by atoms with Crippen LogP contribution in [0.15, 0.2) is 36.8 Å². The second kappa shape index (κ2) is 5.76. The van der Waals surface area contributed by atoms with Gasteiger partial charge in [0.15, 0.2) is 0 Å². The number of aryl methyl sites for hydroxylation is 1. The molecule has 3 aromatic heterocycles. The summed E-state index contributed by atoms with van der Waals surface area (Å²) in [7, 11) is 3.67. The summed E-state index contributed by atoms with van der Waals surface area (Å²) in [6.45, 7) is 0. The molecular formula is C14H14FN7. The van der Waals surface area contributed by atoms with Gasteiger partial charge in [0.2, 0.25) is 11.9 Å². The number of rotatable bonds is 4.